The van der Waals surface area contributed by atoms with Gasteiger partial charge in [-0.05, 0) is 54.5 Å². The van der Waals surface area contributed by atoms with E-state index in [2.05, 4.69) is 5.32 Å². The predicted octanol–water partition coefficient (Wildman–Crippen LogP) is 4.08. The Balaban J connectivity index is 1.62. The highest BCUT2D eigenvalue weighted by Crippen LogP contribution is 2.27. The van der Waals surface area contributed by atoms with Crippen LogP contribution in [0.4, 0.5) is 16.2 Å². The van der Waals surface area contributed by atoms with Gasteiger partial charge in [0.15, 0.2) is 0 Å². The fourth-order valence-electron chi connectivity index (χ4n) is 3.25. The van der Waals surface area contributed by atoms with Gasteiger partial charge in [0, 0.05) is 17.7 Å². The van der Waals surface area contributed by atoms with E-state index < -0.39 is 22.8 Å². The lowest BCUT2D eigenvalue weighted by Gasteiger charge is -2.26. The van der Waals surface area contributed by atoms with Gasteiger partial charge in [0.1, 0.15) is 17.1 Å². The maximum atomic E-state index is 13.0. The maximum absolute atomic E-state index is 13.0. The van der Waals surface area contributed by atoms with Gasteiger partial charge in [0.05, 0.1) is 10.6 Å². The highest BCUT2D eigenvalue weighted by atomic mass is 16.6. The molecular weight excluding hydrogens is 414 g/mol. The van der Waals surface area contributed by atoms with Crippen molar-refractivity contribution >= 4 is 35.3 Å². The Hall–Kier alpha value is -4.53. The summed E-state index contributed by atoms with van der Waals surface area (Å²) in [7, 11) is 0. The molecule has 0 unspecified atom stereocenters. The normalized spacial score (nSPS) is 15.2. The SMILES string of the molecule is CCc1ccc(N2C(=O)NC(=O)C(=Cc3ccc(-c4ccc([N+](=O)[O-])cc4)o3)C2=O)cc1. The molecule has 160 valence electrons. The molecule has 0 radical (unpaired) electrons. The van der Waals surface area contributed by atoms with Crippen LogP contribution in [0.25, 0.3) is 17.4 Å². The second-order valence-electron chi connectivity index (χ2n) is 6.98. The number of furan rings is 1. The summed E-state index contributed by atoms with van der Waals surface area (Å²) in [6.45, 7) is 1.99. The molecule has 1 aromatic heterocycles. The van der Waals surface area contributed by atoms with E-state index in [1.807, 2.05) is 6.92 Å². The first kappa shape index (κ1) is 20.7. The van der Waals surface area contributed by atoms with Crippen molar-refractivity contribution in [3.8, 4) is 11.3 Å². The highest BCUT2D eigenvalue weighted by Gasteiger charge is 2.37. The molecule has 4 amide bonds. The smallest absolute Gasteiger partial charge is 0.335 e. The standard InChI is InChI=1S/C23H17N3O6/c1-2-14-3-7-16(8-4-14)25-22(28)19(21(27)24-23(25)29)13-18-11-12-20(32-18)15-5-9-17(10-6-15)26(30)31/h3-13H,2H2,1H3,(H,24,27,29). The Morgan fingerprint density at radius 3 is 2.31 bits per heavy atom. The van der Waals surface area contributed by atoms with Crippen LogP contribution in [-0.2, 0) is 16.0 Å². The Morgan fingerprint density at radius 2 is 1.69 bits per heavy atom. The second-order valence-corrected chi connectivity index (χ2v) is 6.98. The van der Waals surface area contributed by atoms with Crippen LogP contribution < -0.4 is 10.2 Å². The number of imide groups is 2. The fraction of sp³-hybridized carbons (Fsp3) is 0.0870. The van der Waals surface area contributed by atoms with Gasteiger partial charge in [0.2, 0.25) is 0 Å². The zero-order valence-corrected chi connectivity index (χ0v) is 16.9. The van der Waals surface area contributed by atoms with Crippen LogP contribution in [0.2, 0.25) is 0 Å². The number of hydrogen-bond donors (Lipinski definition) is 1. The molecule has 32 heavy (non-hydrogen) atoms. The lowest BCUT2D eigenvalue weighted by Crippen LogP contribution is -2.54. The summed E-state index contributed by atoms with van der Waals surface area (Å²) in [5, 5.41) is 13.0. The van der Waals surface area contributed by atoms with Gasteiger partial charge in [-0.25, -0.2) is 9.69 Å². The van der Waals surface area contributed by atoms with E-state index in [0.29, 0.717) is 17.0 Å². The first-order valence-electron chi connectivity index (χ1n) is 9.72. The topological polar surface area (TPSA) is 123 Å². The van der Waals surface area contributed by atoms with Crippen LogP contribution in [-0.4, -0.2) is 22.8 Å². The van der Waals surface area contributed by atoms with Crippen molar-refractivity contribution < 1.29 is 23.7 Å². The van der Waals surface area contributed by atoms with Gasteiger partial charge >= 0.3 is 6.03 Å². The van der Waals surface area contributed by atoms with E-state index in [1.54, 1.807) is 36.4 Å². The monoisotopic (exact) mass is 431 g/mol. The summed E-state index contributed by atoms with van der Waals surface area (Å²) < 4.78 is 5.69. The number of nitro benzene ring substituents is 1. The van der Waals surface area contributed by atoms with Crippen LogP contribution in [0.5, 0.6) is 0 Å². The summed E-state index contributed by atoms with van der Waals surface area (Å²) in [6.07, 6.45) is 2.06. The van der Waals surface area contributed by atoms with Crippen LogP contribution in [0.3, 0.4) is 0 Å². The van der Waals surface area contributed by atoms with E-state index in [4.69, 9.17) is 4.42 Å². The van der Waals surface area contributed by atoms with Crippen molar-refractivity contribution in [2.45, 2.75) is 13.3 Å². The molecule has 0 spiro atoms. The van der Waals surface area contributed by atoms with Crippen LogP contribution in [0.1, 0.15) is 18.2 Å². The Kier molecular flexibility index (Phi) is 5.38. The van der Waals surface area contributed by atoms with E-state index >= 15 is 0 Å². The number of barbiturate groups is 1. The van der Waals surface area contributed by atoms with Crippen LogP contribution in [0, 0.1) is 10.1 Å². The average molecular weight is 431 g/mol. The number of nitrogens with one attached hydrogen (secondary N) is 1. The molecule has 1 N–H and O–H groups in total. The Labute approximate surface area is 182 Å². The predicted molar refractivity (Wildman–Crippen MR) is 116 cm³/mol. The number of carbonyl (C=O) groups is 3. The summed E-state index contributed by atoms with van der Waals surface area (Å²) >= 11 is 0. The molecule has 9 nitrogen and oxygen atoms in total. The fourth-order valence-corrected chi connectivity index (χ4v) is 3.25. The van der Waals surface area contributed by atoms with Crippen molar-refractivity contribution in [1.82, 2.24) is 5.32 Å². The minimum Gasteiger partial charge on any atom is -0.457 e. The van der Waals surface area contributed by atoms with E-state index in [9.17, 15) is 24.5 Å². The second kappa shape index (κ2) is 8.31. The third kappa shape index (κ3) is 3.91. The number of anilines is 1. The molecular formula is C23H17N3O6. The zero-order chi connectivity index (χ0) is 22.8. The van der Waals surface area contributed by atoms with Crippen molar-refractivity contribution in [2.75, 3.05) is 4.90 Å². The number of nitrogens with zero attached hydrogens (tertiary/aromatic N) is 2. The molecule has 4 rings (SSSR count). The number of amides is 4. The lowest BCUT2D eigenvalue weighted by molar-refractivity contribution is -0.384. The van der Waals surface area contributed by atoms with Crippen LogP contribution in [0.15, 0.2) is 70.7 Å². The van der Waals surface area contributed by atoms with E-state index in [0.717, 1.165) is 16.9 Å². The number of hydrogen-bond acceptors (Lipinski definition) is 6. The third-order valence-electron chi connectivity index (χ3n) is 4.98. The number of nitro groups is 1. The van der Waals surface area contributed by atoms with Gasteiger partial charge in [-0.2, -0.15) is 0 Å². The first-order chi connectivity index (χ1) is 15.4. The third-order valence-corrected chi connectivity index (χ3v) is 4.98. The molecule has 1 aliphatic heterocycles. The number of benzene rings is 2. The molecule has 0 atom stereocenters. The molecule has 0 saturated carbocycles. The summed E-state index contributed by atoms with van der Waals surface area (Å²) in [4.78, 5) is 48.8. The summed E-state index contributed by atoms with van der Waals surface area (Å²) in [6, 6.07) is 15.0. The van der Waals surface area contributed by atoms with E-state index in [-0.39, 0.29) is 17.0 Å². The molecule has 2 heterocycles. The van der Waals surface area contributed by atoms with E-state index in [1.165, 1.54) is 30.3 Å². The molecule has 2 aromatic carbocycles. The minimum absolute atomic E-state index is 0.0520. The molecule has 0 aliphatic carbocycles. The number of rotatable bonds is 5. The number of aryl methyl sites for hydroxylation is 1. The van der Waals surface area contributed by atoms with Gasteiger partial charge < -0.3 is 4.42 Å². The van der Waals surface area contributed by atoms with Crippen molar-refractivity contribution in [1.29, 1.82) is 0 Å². The minimum atomic E-state index is -0.826. The Bertz CT molecular complexity index is 1260. The number of carbonyl (C=O) groups excluding carboxylic acids is 3. The van der Waals surface area contributed by atoms with Gasteiger partial charge in [-0.3, -0.25) is 25.0 Å². The first-order valence-corrected chi connectivity index (χ1v) is 9.72. The molecule has 3 aromatic rings. The number of non-ortho nitro benzene ring substituents is 1. The largest absolute Gasteiger partial charge is 0.457 e. The summed E-state index contributed by atoms with van der Waals surface area (Å²) in [5.41, 5.74) is 1.67. The summed E-state index contributed by atoms with van der Waals surface area (Å²) in [5.74, 6) is -0.975. The quantitative estimate of drug-likeness (QED) is 0.281. The molecule has 1 aliphatic rings. The average Bonchev–Trinajstić information content (AvgIpc) is 3.26. The maximum Gasteiger partial charge on any atom is 0.335 e. The van der Waals surface area contributed by atoms with Gasteiger partial charge in [0.25, 0.3) is 17.5 Å². The Morgan fingerprint density at radius 1 is 1.00 bits per heavy atom. The molecule has 1 fully saturated rings. The number of urea groups is 1. The van der Waals surface area contributed by atoms with Gasteiger partial charge in [-0.15, -0.1) is 0 Å². The lowest BCUT2D eigenvalue weighted by atomic mass is 10.1. The molecule has 1 saturated heterocycles. The highest BCUT2D eigenvalue weighted by molar-refractivity contribution is 6.39. The molecule has 0 bridgehead atoms. The van der Waals surface area contributed by atoms with Crippen molar-refractivity contribution in [2.24, 2.45) is 0 Å². The van der Waals surface area contributed by atoms with Crippen LogP contribution >= 0.6 is 0 Å². The van der Waals surface area contributed by atoms with Crippen molar-refractivity contribution in [3.63, 3.8) is 0 Å². The zero-order valence-electron chi connectivity index (χ0n) is 16.9. The molecule has 9 heteroatoms. The van der Waals surface area contributed by atoms with Crippen molar-refractivity contribution in [3.05, 3.63) is 87.7 Å². The van der Waals surface area contributed by atoms with Gasteiger partial charge in [-0.1, -0.05) is 19.1 Å².